The first kappa shape index (κ1) is 17.4. The molecule has 0 saturated carbocycles. The Bertz CT molecular complexity index is 800. The average molecular weight is 335 g/mol. The van der Waals surface area contributed by atoms with Crippen molar-refractivity contribution in [2.45, 2.75) is 32.4 Å². The van der Waals surface area contributed by atoms with Crippen LogP contribution in [-0.4, -0.2) is 18.2 Å². The van der Waals surface area contributed by atoms with Crippen LogP contribution in [0.2, 0.25) is 0 Å². The van der Waals surface area contributed by atoms with E-state index in [0.29, 0.717) is 5.84 Å². The van der Waals surface area contributed by atoms with Crippen LogP contribution < -0.4 is 11.1 Å². The van der Waals surface area contributed by atoms with Crippen LogP contribution in [0.5, 0.6) is 0 Å². The first-order chi connectivity index (χ1) is 12.0. The monoisotopic (exact) mass is 335 g/mol. The SMILES string of the molecule is CCNC(C)c1cccc(C2(c3ccccc3)N=C(N)C(C)C2=O)c1. The molecule has 2 aromatic carbocycles. The van der Waals surface area contributed by atoms with Gasteiger partial charge in [0.1, 0.15) is 5.84 Å². The Labute approximate surface area is 149 Å². The Morgan fingerprint density at radius 3 is 2.44 bits per heavy atom. The van der Waals surface area contributed by atoms with Gasteiger partial charge in [0.05, 0.1) is 5.92 Å². The summed E-state index contributed by atoms with van der Waals surface area (Å²) in [6, 6.07) is 18.0. The number of nitrogens with zero attached hydrogens (tertiary/aromatic N) is 1. The van der Waals surface area contributed by atoms with E-state index in [1.165, 1.54) is 0 Å². The minimum absolute atomic E-state index is 0.0319. The van der Waals surface area contributed by atoms with Crippen molar-refractivity contribution in [2.24, 2.45) is 16.6 Å². The van der Waals surface area contributed by atoms with E-state index in [2.05, 4.69) is 31.3 Å². The number of amidine groups is 1. The molecule has 4 heteroatoms. The summed E-state index contributed by atoms with van der Waals surface area (Å²) in [5, 5.41) is 3.42. The standard InChI is InChI=1S/C21H25N3O/c1-4-23-15(3)16-9-8-12-18(13-16)21(17-10-6-5-7-11-17)19(25)14(2)20(22)24-21/h5-15,23H,4H2,1-3H3,(H2,22,24). The van der Waals surface area contributed by atoms with Crippen molar-refractivity contribution in [3.05, 3.63) is 71.3 Å². The van der Waals surface area contributed by atoms with E-state index < -0.39 is 5.54 Å². The summed E-state index contributed by atoms with van der Waals surface area (Å²) >= 11 is 0. The van der Waals surface area contributed by atoms with Gasteiger partial charge in [0, 0.05) is 6.04 Å². The highest BCUT2D eigenvalue weighted by molar-refractivity contribution is 6.14. The van der Waals surface area contributed by atoms with Gasteiger partial charge in [-0.3, -0.25) is 4.79 Å². The molecule has 3 unspecified atom stereocenters. The second-order valence-electron chi connectivity index (χ2n) is 6.60. The first-order valence-electron chi connectivity index (χ1n) is 8.79. The predicted octanol–water partition coefficient (Wildman–Crippen LogP) is 3.18. The average Bonchev–Trinajstić information content (AvgIpc) is 2.88. The predicted molar refractivity (Wildman–Crippen MR) is 102 cm³/mol. The molecular formula is C21H25N3O. The lowest BCUT2D eigenvalue weighted by molar-refractivity contribution is -0.123. The van der Waals surface area contributed by atoms with Crippen molar-refractivity contribution >= 4 is 11.6 Å². The number of aliphatic imine (C=N–C) groups is 1. The van der Waals surface area contributed by atoms with E-state index in [4.69, 9.17) is 10.7 Å². The zero-order valence-corrected chi connectivity index (χ0v) is 15.0. The molecule has 130 valence electrons. The molecule has 0 fully saturated rings. The van der Waals surface area contributed by atoms with Crippen LogP contribution in [0, 0.1) is 5.92 Å². The first-order valence-corrected chi connectivity index (χ1v) is 8.79. The van der Waals surface area contributed by atoms with Gasteiger partial charge in [0.15, 0.2) is 11.3 Å². The third-order valence-corrected chi connectivity index (χ3v) is 5.00. The van der Waals surface area contributed by atoms with Crippen LogP contribution in [0.4, 0.5) is 0 Å². The number of hydrogen-bond acceptors (Lipinski definition) is 4. The van der Waals surface area contributed by atoms with Gasteiger partial charge in [-0.2, -0.15) is 0 Å². The van der Waals surface area contributed by atoms with Crippen molar-refractivity contribution in [3.63, 3.8) is 0 Å². The highest BCUT2D eigenvalue weighted by atomic mass is 16.1. The van der Waals surface area contributed by atoms with E-state index in [1.807, 2.05) is 49.4 Å². The third kappa shape index (κ3) is 2.87. The van der Waals surface area contributed by atoms with Crippen molar-refractivity contribution in [1.29, 1.82) is 0 Å². The molecule has 1 aliphatic rings. The minimum Gasteiger partial charge on any atom is -0.387 e. The van der Waals surface area contributed by atoms with Gasteiger partial charge >= 0.3 is 0 Å². The van der Waals surface area contributed by atoms with Gasteiger partial charge in [-0.25, -0.2) is 4.99 Å². The van der Waals surface area contributed by atoms with Gasteiger partial charge < -0.3 is 11.1 Å². The quantitative estimate of drug-likeness (QED) is 0.882. The lowest BCUT2D eigenvalue weighted by Crippen LogP contribution is -2.35. The van der Waals surface area contributed by atoms with Crippen molar-refractivity contribution < 1.29 is 4.79 Å². The van der Waals surface area contributed by atoms with Crippen molar-refractivity contribution in [1.82, 2.24) is 5.32 Å². The number of carbonyl (C=O) groups is 1. The van der Waals surface area contributed by atoms with E-state index >= 15 is 0 Å². The summed E-state index contributed by atoms with van der Waals surface area (Å²) in [6.45, 7) is 6.92. The fourth-order valence-electron chi connectivity index (χ4n) is 3.51. The Balaban J connectivity index is 2.18. The van der Waals surface area contributed by atoms with Crippen LogP contribution in [0.3, 0.4) is 0 Å². The zero-order valence-electron chi connectivity index (χ0n) is 15.0. The van der Waals surface area contributed by atoms with E-state index in [9.17, 15) is 4.79 Å². The maximum atomic E-state index is 13.2. The molecule has 3 N–H and O–H groups in total. The summed E-state index contributed by atoms with van der Waals surface area (Å²) in [4.78, 5) is 17.9. The van der Waals surface area contributed by atoms with Crippen LogP contribution in [0.1, 0.15) is 43.5 Å². The van der Waals surface area contributed by atoms with E-state index in [1.54, 1.807) is 0 Å². The summed E-state index contributed by atoms with van der Waals surface area (Å²) in [6.07, 6.45) is 0. The third-order valence-electron chi connectivity index (χ3n) is 5.00. The minimum atomic E-state index is -1.05. The molecule has 0 aliphatic carbocycles. The van der Waals surface area contributed by atoms with Gasteiger partial charge in [-0.1, -0.05) is 61.5 Å². The second-order valence-corrected chi connectivity index (χ2v) is 6.60. The number of ketones is 1. The molecule has 0 spiro atoms. The molecule has 25 heavy (non-hydrogen) atoms. The molecule has 4 nitrogen and oxygen atoms in total. The van der Waals surface area contributed by atoms with Crippen LogP contribution in [0.25, 0.3) is 0 Å². The summed E-state index contributed by atoms with van der Waals surface area (Å²) in [5.41, 5.74) is 7.90. The van der Waals surface area contributed by atoms with Crippen LogP contribution in [-0.2, 0) is 10.3 Å². The summed E-state index contributed by atoms with van der Waals surface area (Å²) in [7, 11) is 0. The molecule has 0 bridgehead atoms. The maximum absolute atomic E-state index is 13.2. The van der Waals surface area contributed by atoms with E-state index in [0.717, 1.165) is 23.2 Å². The van der Waals surface area contributed by atoms with Gasteiger partial charge in [0.2, 0.25) is 0 Å². The zero-order chi connectivity index (χ0) is 18.0. The normalized spacial score (nSPS) is 24.2. The lowest BCUT2D eigenvalue weighted by Gasteiger charge is -2.27. The molecule has 0 aromatic heterocycles. The molecule has 1 heterocycles. The highest BCUT2D eigenvalue weighted by Gasteiger charge is 2.49. The Morgan fingerprint density at radius 2 is 1.84 bits per heavy atom. The second kappa shape index (κ2) is 6.81. The number of Topliss-reactive ketones (excluding diaryl/α,β-unsaturated/α-hetero) is 1. The molecule has 3 rings (SSSR count). The summed E-state index contributed by atoms with van der Waals surface area (Å²) < 4.78 is 0. The number of rotatable bonds is 5. The largest absolute Gasteiger partial charge is 0.387 e. The van der Waals surface area contributed by atoms with Gasteiger partial charge in [0.25, 0.3) is 0 Å². The Morgan fingerprint density at radius 1 is 1.16 bits per heavy atom. The molecule has 0 amide bonds. The molecule has 2 aromatic rings. The number of hydrogen-bond donors (Lipinski definition) is 2. The Hall–Kier alpha value is -2.46. The highest BCUT2D eigenvalue weighted by Crippen LogP contribution is 2.41. The molecule has 1 aliphatic heterocycles. The topological polar surface area (TPSA) is 67.5 Å². The molecule has 3 atom stereocenters. The number of nitrogens with two attached hydrogens (primary N) is 1. The van der Waals surface area contributed by atoms with Gasteiger partial charge in [-0.05, 0) is 37.1 Å². The lowest BCUT2D eigenvalue weighted by atomic mass is 9.77. The van der Waals surface area contributed by atoms with Crippen molar-refractivity contribution in [2.75, 3.05) is 6.54 Å². The van der Waals surface area contributed by atoms with Crippen LogP contribution in [0.15, 0.2) is 59.6 Å². The maximum Gasteiger partial charge on any atom is 0.179 e. The molecule has 0 radical (unpaired) electrons. The Kier molecular flexibility index (Phi) is 4.73. The molecular weight excluding hydrogens is 310 g/mol. The van der Waals surface area contributed by atoms with Crippen molar-refractivity contribution in [3.8, 4) is 0 Å². The number of benzene rings is 2. The van der Waals surface area contributed by atoms with E-state index in [-0.39, 0.29) is 17.7 Å². The van der Waals surface area contributed by atoms with Gasteiger partial charge in [-0.15, -0.1) is 0 Å². The number of carbonyl (C=O) groups excluding carboxylic acids is 1. The fraction of sp³-hybridized carbons (Fsp3) is 0.333. The molecule has 0 saturated heterocycles. The smallest absolute Gasteiger partial charge is 0.179 e. The summed E-state index contributed by atoms with van der Waals surface area (Å²) in [5.74, 6) is 0.0542. The number of nitrogens with one attached hydrogen (secondary N) is 1. The fourth-order valence-corrected chi connectivity index (χ4v) is 3.51. The van der Waals surface area contributed by atoms with Crippen LogP contribution >= 0.6 is 0 Å².